The van der Waals surface area contributed by atoms with E-state index in [1.807, 2.05) is 0 Å². The van der Waals surface area contributed by atoms with Gasteiger partial charge >= 0.3 is 15.6 Å². The molecule has 0 saturated carbocycles. The van der Waals surface area contributed by atoms with Crippen molar-refractivity contribution in [3.63, 3.8) is 0 Å². The lowest BCUT2D eigenvalue weighted by atomic mass is 11.0. The van der Waals surface area contributed by atoms with Crippen LogP contribution in [0.3, 0.4) is 0 Å². The van der Waals surface area contributed by atoms with Gasteiger partial charge in [0.15, 0.2) is 0 Å². The van der Waals surface area contributed by atoms with E-state index in [2.05, 4.69) is 0 Å². The Bertz CT molecular complexity index is 520. The van der Waals surface area contributed by atoms with Gasteiger partial charge < -0.3 is 0 Å². The zero-order chi connectivity index (χ0) is 15.4. The molecule has 18 heavy (non-hydrogen) atoms. The fraction of sp³-hybridized carbons (Fsp3) is 1.00. The molecule has 0 aromatic rings. The van der Waals surface area contributed by atoms with Gasteiger partial charge in [0.1, 0.15) is 0 Å². The molecule has 0 aliphatic heterocycles. The van der Waals surface area contributed by atoms with Crippen molar-refractivity contribution < 1.29 is 52.1 Å². The Labute approximate surface area is 99.9 Å². The van der Waals surface area contributed by atoms with E-state index in [-0.39, 0.29) is 0 Å². The molecule has 0 aromatic heterocycles. The van der Waals surface area contributed by atoms with Gasteiger partial charge in [-0.3, -0.25) is 13.7 Å². The maximum absolute atomic E-state index is 10.7. The van der Waals surface area contributed by atoms with Crippen LogP contribution in [0.1, 0.15) is 0 Å². The topological polar surface area (TPSA) is 163 Å². The summed E-state index contributed by atoms with van der Waals surface area (Å²) in [6.07, 6.45) is 0. The van der Waals surface area contributed by atoms with Crippen molar-refractivity contribution in [2.24, 2.45) is 0 Å². The molecule has 0 heterocycles. The van der Waals surface area contributed by atoms with Crippen LogP contribution in [0.15, 0.2) is 0 Å². The summed E-state index contributed by atoms with van der Waals surface area (Å²) < 4.78 is 113. The summed E-state index contributed by atoms with van der Waals surface area (Å²) in [7, 11) is -14.4. The average molecular weight is 340 g/mol. The fourth-order valence-corrected chi connectivity index (χ4v) is 1.90. The van der Waals surface area contributed by atoms with E-state index < -0.39 is 47.4 Å². The number of hydrogen-bond acceptors (Lipinski definition) is 6. The second kappa shape index (κ2) is 6.11. The average Bonchev–Trinajstić information content (AvgIpc) is 1.95. The Balaban J connectivity index is 0. The van der Waals surface area contributed by atoms with Gasteiger partial charge in [0.2, 0.25) is 0 Å². The third-order valence-electron chi connectivity index (χ3n) is 0.892. The van der Waals surface area contributed by atoms with Crippen molar-refractivity contribution in [2.75, 3.05) is 11.5 Å². The predicted octanol–water partition coefficient (Wildman–Crippen LogP) is -0.844. The van der Waals surface area contributed by atoms with E-state index in [0.29, 0.717) is 0 Å². The molecule has 0 spiro atoms. The van der Waals surface area contributed by atoms with Gasteiger partial charge in [0.25, 0.3) is 20.2 Å². The highest BCUT2D eigenvalue weighted by Gasteiger charge is 2.44. The monoisotopic (exact) mass is 340 g/mol. The molecule has 3 N–H and O–H groups in total. The lowest BCUT2D eigenvalue weighted by molar-refractivity contribution is -0.0510. The molecule has 15 heteroatoms. The SMILES string of the molecule is O=S(=O)(O)C(F)(F)F.O=S(=O)(O)CCS(=O)(=O)O. The summed E-state index contributed by atoms with van der Waals surface area (Å²) in [4.78, 5) is 0. The minimum absolute atomic E-state index is 0.980. The molecule has 0 aromatic carbocycles. The Kier molecular flexibility index (Phi) is 6.74. The molecule has 0 amide bonds. The first-order valence-corrected chi connectivity index (χ1v) is 8.05. The second-order valence-corrected chi connectivity index (χ2v) is 7.05. The molecule has 0 aliphatic rings. The Morgan fingerprint density at radius 2 is 0.889 bits per heavy atom. The zero-order valence-electron chi connectivity index (χ0n) is 8.06. The van der Waals surface area contributed by atoms with Crippen molar-refractivity contribution in [1.29, 1.82) is 0 Å². The van der Waals surface area contributed by atoms with Gasteiger partial charge in [-0.25, -0.2) is 0 Å². The maximum Gasteiger partial charge on any atom is 0.522 e. The van der Waals surface area contributed by atoms with Crippen molar-refractivity contribution in [3.05, 3.63) is 0 Å². The number of hydrogen-bond donors (Lipinski definition) is 3. The highest BCUT2D eigenvalue weighted by molar-refractivity contribution is 7.89. The molecule has 112 valence electrons. The van der Waals surface area contributed by atoms with Crippen LogP contribution in [0.2, 0.25) is 0 Å². The van der Waals surface area contributed by atoms with Gasteiger partial charge in [0.05, 0.1) is 11.5 Å². The van der Waals surface area contributed by atoms with Crippen LogP contribution in [0.25, 0.3) is 0 Å². The quantitative estimate of drug-likeness (QED) is 0.439. The van der Waals surface area contributed by atoms with Crippen molar-refractivity contribution in [1.82, 2.24) is 0 Å². The van der Waals surface area contributed by atoms with Crippen LogP contribution in [-0.2, 0) is 30.4 Å². The Hall–Kier alpha value is -0.480. The predicted molar refractivity (Wildman–Crippen MR) is 50.4 cm³/mol. The van der Waals surface area contributed by atoms with Gasteiger partial charge in [-0.05, 0) is 0 Å². The molecular weight excluding hydrogens is 333 g/mol. The third-order valence-corrected chi connectivity index (χ3v) is 3.18. The largest absolute Gasteiger partial charge is 0.522 e. The molecule has 0 rings (SSSR count). The Morgan fingerprint density at radius 1 is 0.722 bits per heavy atom. The molecular formula is C3H7F3O9S3. The third kappa shape index (κ3) is 13.6. The van der Waals surface area contributed by atoms with Crippen LogP contribution in [0, 0.1) is 0 Å². The highest BCUT2D eigenvalue weighted by Crippen LogP contribution is 2.20. The molecule has 0 aliphatic carbocycles. The van der Waals surface area contributed by atoms with Gasteiger partial charge in [-0.2, -0.15) is 38.4 Å². The molecule has 9 nitrogen and oxygen atoms in total. The van der Waals surface area contributed by atoms with Crippen molar-refractivity contribution in [3.8, 4) is 0 Å². The highest BCUT2D eigenvalue weighted by atomic mass is 32.2. The van der Waals surface area contributed by atoms with E-state index in [0.717, 1.165) is 0 Å². The summed E-state index contributed by atoms with van der Waals surface area (Å²) in [5, 5.41) is 0. The molecule has 0 bridgehead atoms. The van der Waals surface area contributed by atoms with Gasteiger partial charge in [0, 0.05) is 0 Å². The second-order valence-electron chi connectivity index (χ2n) is 2.49. The molecule has 0 fully saturated rings. The Morgan fingerprint density at radius 3 is 0.944 bits per heavy atom. The van der Waals surface area contributed by atoms with E-state index >= 15 is 0 Å². The van der Waals surface area contributed by atoms with Crippen LogP contribution in [0.5, 0.6) is 0 Å². The van der Waals surface area contributed by atoms with Crippen LogP contribution in [-0.4, -0.2) is 55.9 Å². The summed E-state index contributed by atoms with van der Waals surface area (Å²) in [6, 6.07) is 0. The minimum Gasteiger partial charge on any atom is -0.286 e. The first-order chi connectivity index (χ1) is 7.46. The maximum atomic E-state index is 10.7. The number of alkyl halides is 3. The van der Waals surface area contributed by atoms with Crippen molar-refractivity contribution in [2.45, 2.75) is 5.51 Å². The van der Waals surface area contributed by atoms with Gasteiger partial charge in [-0.15, -0.1) is 0 Å². The first kappa shape index (κ1) is 19.9. The normalized spacial score (nSPS) is 13.7. The van der Waals surface area contributed by atoms with Gasteiger partial charge in [-0.1, -0.05) is 0 Å². The molecule has 0 unspecified atom stereocenters. The smallest absolute Gasteiger partial charge is 0.286 e. The minimum atomic E-state index is -5.84. The standard InChI is InChI=1S/C2H6O6S2.CHF3O3S/c3-9(4,5)1-2-10(6,7)8;2-1(3,4)8(5,6)7/h1-2H2,(H,3,4,5)(H,6,7,8);(H,5,6,7). The number of halogens is 3. The molecule has 0 saturated heterocycles. The summed E-state index contributed by atoms with van der Waals surface area (Å²) in [5.41, 5.74) is -5.53. The van der Waals surface area contributed by atoms with E-state index in [9.17, 15) is 30.0 Å². The lowest BCUT2D eigenvalue weighted by Gasteiger charge is -1.97. The van der Waals surface area contributed by atoms with Crippen LogP contribution < -0.4 is 0 Å². The van der Waals surface area contributed by atoms with Crippen LogP contribution >= 0.6 is 0 Å². The first-order valence-electron chi connectivity index (χ1n) is 3.40. The molecule has 0 radical (unpaired) electrons. The van der Waals surface area contributed by atoms with Crippen LogP contribution in [0.4, 0.5) is 13.2 Å². The van der Waals surface area contributed by atoms with Crippen molar-refractivity contribution >= 4 is 30.4 Å². The van der Waals surface area contributed by atoms with E-state index in [1.54, 1.807) is 0 Å². The summed E-state index contributed by atoms with van der Waals surface area (Å²) in [6.45, 7) is 0. The zero-order valence-corrected chi connectivity index (χ0v) is 10.5. The molecule has 0 atom stereocenters. The van der Waals surface area contributed by atoms with E-state index in [1.165, 1.54) is 0 Å². The summed E-state index contributed by atoms with van der Waals surface area (Å²) in [5.74, 6) is -1.96. The van der Waals surface area contributed by atoms with E-state index in [4.69, 9.17) is 22.1 Å². The number of rotatable bonds is 3. The fourth-order valence-electron chi connectivity index (χ4n) is 0.211. The summed E-state index contributed by atoms with van der Waals surface area (Å²) >= 11 is 0. The lowest BCUT2D eigenvalue weighted by Crippen LogP contribution is -2.21.